The molecule has 0 aliphatic rings. The second-order valence-corrected chi connectivity index (χ2v) is 4.26. The molecule has 0 bridgehead atoms. The predicted octanol–water partition coefficient (Wildman–Crippen LogP) is 2.27. The molecule has 0 fully saturated rings. The van der Waals surface area contributed by atoms with Gasteiger partial charge in [0, 0.05) is 18.1 Å². The van der Waals surface area contributed by atoms with Crippen molar-refractivity contribution < 1.29 is 14.6 Å². The normalized spacial score (nSPS) is 12.2. The Kier molecular flexibility index (Phi) is 4.78. The molecule has 0 radical (unpaired) electrons. The number of halogens is 1. The zero-order valence-corrected chi connectivity index (χ0v) is 10.0. The van der Waals surface area contributed by atoms with Crippen LogP contribution in [0.3, 0.4) is 0 Å². The van der Waals surface area contributed by atoms with Crippen molar-refractivity contribution in [3.8, 4) is 5.75 Å². The average molecular weight is 273 g/mol. The van der Waals surface area contributed by atoms with E-state index in [0.29, 0.717) is 17.9 Å². The van der Waals surface area contributed by atoms with Gasteiger partial charge >= 0.3 is 0 Å². The van der Waals surface area contributed by atoms with Crippen molar-refractivity contribution in [2.75, 3.05) is 13.2 Å². The number of hydrogen-bond donors (Lipinski definition) is 1. The Morgan fingerprint density at radius 2 is 2.33 bits per heavy atom. The van der Waals surface area contributed by atoms with Crippen molar-refractivity contribution in [3.63, 3.8) is 0 Å². The van der Waals surface area contributed by atoms with Crippen LogP contribution in [0.4, 0.5) is 0 Å². The molecule has 0 amide bonds. The average Bonchev–Trinajstić information content (AvgIpc) is 2.26. The van der Waals surface area contributed by atoms with Gasteiger partial charge in [-0.05, 0) is 34.1 Å². The maximum atomic E-state index is 10.5. The Morgan fingerprint density at radius 1 is 1.60 bits per heavy atom. The lowest BCUT2D eigenvalue weighted by atomic mass is 10.2. The van der Waals surface area contributed by atoms with E-state index in [-0.39, 0.29) is 12.5 Å². The quantitative estimate of drug-likeness (QED) is 0.837. The van der Waals surface area contributed by atoms with E-state index in [9.17, 15) is 4.79 Å². The molecule has 3 nitrogen and oxygen atoms in total. The minimum Gasteiger partial charge on any atom is -0.492 e. The maximum Gasteiger partial charge on any atom is 0.150 e. The fraction of sp³-hybridized carbons (Fsp3) is 0.364. The van der Waals surface area contributed by atoms with Gasteiger partial charge in [0.2, 0.25) is 0 Å². The van der Waals surface area contributed by atoms with Crippen molar-refractivity contribution in [2.24, 2.45) is 5.92 Å². The van der Waals surface area contributed by atoms with Gasteiger partial charge in [0.25, 0.3) is 0 Å². The van der Waals surface area contributed by atoms with Crippen LogP contribution < -0.4 is 4.74 Å². The van der Waals surface area contributed by atoms with Crippen molar-refractivity contribution >= 4 is 22.2 Å². The number of carbonyl (C=O) groups excluding carboxylic acids is 1. The Bertz CT molecular complexity index is 339. The Morgan fingerprint density at radius 3 is 2.87 bits per heavy atom. The van der Waals surface area contributed by atoms with Crippen LogP contribution in [0.25, 0.3) is 0 Å². The summed E-state index contributed by atoms with van der Waals surface area (Å²) in [5.41, 5.74) is 0.601. The highest BCUT2D eigenvalue weighted by molar-refractivity contribution is 9.10. The third-order valence-corrected chi connectivity index (χ3v) is 2.55. The highest BCUT2D eigenvalue weighted by atomic mass is 79.9. The van der Waals surface area contributed by atoms with Gasteiger partial charge in [-0.2, -0.15) is 0 Å². The number of rotatable bonds is 5. The summed E-state index contributed by atoms with van der Waals surface area (Å²) in [5.74, 6) is 0.781. The van der Waals surface area contributed by atoms with Crippen molar-refractivity contribution in [3.05, 3.63) is 28.2 Å². The van der Waals surface area contributed by atoms with Gasteiger partial charge in [0.1, 0.15) is 12.0 Å². The lowest BCUT2D eigenvalue weighted by Crippen LogP contribution is -2.12. The largest absolute Gasteiger partial charge is 0.492 e. The fourth-order valence-electron chi connectivity index (χ4n) is 0.992. The standard InChI is InChI=1S/C11H13BrO3/c1-8(5-13)7-15-11-3-2-9(6-14)4-10(11)12/h2-4,6,8,13H,5,7H2,1H3. The summed E-state index contributed by atoms with van der Waals surface area (Å²) >= 11 is 3.31. The van der Waals surface area contributed by atoms with Gasteiger partial charge < -0.3 is 9.84 Å². The van der Waals surface area contributed by atoms with E-state index in [4.69, 9.17) is 9.84 Å². The molecule has 0 heterocycles. The van der Waals surface area contributed by atoms with E-state index in [0.717, 1.165) is 10.8 Å². The zero-order valence-electron chi connectivity index (χ0n) is 8.44. The first-order valence-corrected chi connectivity index (χ1v) is 5.45. The van der Waals surface area contributed by atoms with Crippen molar-refractivity contribution in [2.45, 2.75) is 6.92 Å². The summed E-state index contributed by atoms with van der Waals surface area (Å²) < 4.78 is 6.21. The molecule has 82 valence electrons. The predicted molar refractivity (Wildman–Crippen MR) is 61.3 cm³/mol. The second-order valence-electron chi connectivity index (χ2n) is 3.41. The van der Waals surface area contributed by atoms with E-state index >= 15 is 0 Å². The van der Waals surface area contributed by atoms with Crippen LogP contribution in [0.15, 0.2) is 22.7 Å². The topological polar surface area (TPSA) is 46.5 Å². The zero-order chi connectivity index (χ0) is 11.3. The van der Waals surface area contributed by atoms with Crippen LogP contribution in [-0.2, 0) is 0 Å². The number of aliphatic hydroxyl groups excluding tert-OH is 1. The number of aliphatic hydroxyl groups is 1. The molecule has 15 heavy (non-hydrogen) atoms. The van der Waals surface area contributed by atoms with Crippen molar-refractivity contribution in [1.29, 1.82) is 0 Å². The molecule has 0 saturated carbocycles. The smallest absolute Gasteiger partial charge is 0.150 e. The van der Waals surface area contributed by atoms with Crippen molar-refractivity contribution in [1.82, 2.24) is 0 Å². The molecule has 0 spiro atoms. The number of aldehydes is 1. The van der Waals surface area contributed by atoms with Gasteiger partial charge in [-0.15, -0.1) is 0 Å². The van der Waals surface area contributed by atoms with E-state index in [2.05, 4.69) is 15.9 Å². The molecule has 1 unspecified atom stereocenters. The first-order chi connectivity index (χ1) is 7.17. The molecule has 1 atom stereocenters. The lowest BCUT2D eigenvalue weighted by molar-refractivity contribution is 0.112. The summed E-state index contributed by atoms with van der Waals surface area (Å²) in [6.07, 6.45) is 0.783. The molecule has 4 heteroatoms. The van der Waals surface area contributed by atoms with Crippen LogP contribution in [0.5, 0.6) is 5.75 Å². The molecular formula is C11H13BrO3. The molecular weight excluding hydrogens is 260 g/mol. The van der Waals surface area contributed by atoms with E-state index in [1.807, 2.05) is 6.92 Å². The first kappa shape index (κ1) is 12.2. The van der Waals surface area contributed by atoms with Gasteiger partial charge in [-0.25, -0.2) is 0 Å². The van der Waals surface area contributed by atoms with Crippen LogP contribution in [0.2, 0.25) is 0 Å². The molecule has 0 aromatic heterocycles. The molecule has 0 aliphatic heterocycles. The second kappa shape index (κ2) is 5.88. The minimum atomic E-state index is 0.0997. The number of benzene rings is 1. The summed E-state index contributed by atoms with van der Waals surface area (Å²) in [4.78, 5) is 10.5. The van der Waals surface area contributed by atoms with Gasteiger partial charge in [0.15, 0.2) is 0 Å². The highest BCUT2D eigenvalue weighted by Crippen LogP contribution is 2.25. The Hall–Kier alpha value is -0.870. The maximum absolute atomic E-state index is 10.5. The van der Waals surface area contributed by atoms with E-state index in [1.54, 1.807) is 18.2 Å². The van der Waals surface area contributed by atoms with E-state index < -0.39 is 0 Å². The van der Waals surface area contributed by atoms with Crippen LogP contribution >= 0.6 is 15.9 Å². The molecule has 1 aromatic carbocycles. The third kappa shape index (κ3) is 3.64. The third-order valence-electron chi connectivity index (χ3n) is 1.93. The summed E-state index contributed by atoms with van der Waals surface area (Å²) in [6, 6.07) is 5.13. The molecule has 1 rings (SSSR count). The lowest BCUT2D eigenvalue weighted by Gasteiger charge is -2.11. The number of ether oxygens (including phenoxy) is 1. The van der Waals surface area contributed by atoms with Crippen LogP contribution in [0.1, 0.15) is 17.3 Å². The summed E-state index contributed by atoms with van der Waals surface area (Å²) in [7, 11) is 0. The highest BCUT2D eigenvalue weighted by Gasteiger charge is 2.05. The van der Waals surface area contributed by atoms with E-state index in [1.165, 1.54) is 0 Å². The number of hydrogen-bond acceptors (Lipinski definition) is 3. The van der Waals surface area contributed by atoms with Gasteiger partial charge in [0.05, 0.1) is 11.1 Å². The fourth-order valence-corrected chi connectivity index (χ4v) is 1.50. The van der Waals surface area contributed by atoms with Gasteiger partial charge in [-0.3, -0.25) is 4.79 Å². The summed E-state index contributed by atoms with van der Waals surface area (Å²) in [5, 5.41) is 8.83. The monoisotopic (exact) mass is 272 g/mol. The number of carbonyl (C=O) groups is 1. The van der Waals surface area contributed by atoms with Crippen LogP contribution in [0, 0.1) is 5.92 Å². The molecule has 0 aliphatic carbocycles. The SMILES string of the molecule is CC(CO)COc1ccc(C=O)cc1Br. The first-order valence-electron chi connectivity index (χ1n) is 4.65. The molecule has 0 saturated heterocycles. The Balaban J connectivity index is 2.65. The van der Waals surface area contributed by atoms with Gasteiger partial charge in [-0.1, -0.05) is 6.92 Å². The molecule has 1 N–H and O–H groups in total. The summed E-state index contributed by atoms with van der Waals surface area (Å²) in [6.45, 7) is 2.45. The van der Waals surface area contributed by atoms with Crippen LogP contribution in [-0.4, -0.2) is 24.6 Å². The molecule has 1 aromatic rings. The Labute approximate surface area is 97.2 Å². The minimum absolute atomic E-state index is 0.0997.